The Labute approximate surface area is 101 Å². The van der Waals surface area contributed by atoms with Crippen molar-refractivity contribution in [2.45, 2.75) is 20.8 Å². The molecular formula is C13H17NO3. The number of carbonyl (C=O) groups is 2. The fourth-order valence-corrected chi connectivity index (χ4v) is 1.33. The van der Waals surface area contributed by atoms with E-state index < -0.39 is 5.97 Å². The molecule has 0 bridgehead atoms. The first-order valence-corrected chi connectivity index (χ1v) is 5.55. The van der Waals surface area contributed by atoms with Crippen LogP contribution in [0.2, 0.25) is 0 Å². The molecule has 92 valence electrons. The molecule has 1 aromatic rings. The van der Waals surface area contributed by atoms with Crippen LogP contribution in [0, 0.1) is 13.8 Å². The van der Waals surface area contributed by atoms with Gasteiger partial charge in [0, 0.05) is 6.54 Å². The first-order valence-electron chi connectivity index (χ1n) is 5.55. The fourth-order valence-electron chi connectivity index (χ4n) is 1.33. The molecule has 0 radical (unpaired) electrons. The molecule has 0 fully saturated rings. The number of rotatable bonds is 4. The molecule has 0 atom stereocenters. The summed E-state index contributed by atoms with van der Waals surface area (Å²) in [5.74, 6) is -0.760. The second-order valence-electron chi connectivity index (χ2n) is 3.83. The Hall–Kier alpha value is -1.84. The van der Waals surface area contributed by atoms with Crippen LogP contribution in [-0.4, -0.2) is 25.0 Å². The molecule has 0 aliphatic heterocycles. The van der Waals surface area contributed by atoms with Crippen molar-refractivity contribution in [3.8, 4) is 0 Å². The molecule has 17 heavy (non-hydrogen) atoms. The summed E-state index contributed by atoms with van der Waals surface area (Å²) in [7, 11) is 0. The lowest BCUT2D eigenvalue weighted by molar-refractivity contribution is -0.124. The van der Waals surface area contributed by atoms with Gasteiger partial charge in [0.05, 0.1) is 5.56 Å². The van der Waals surface area contributed by atoms with E-state index in [0.29, 0.717) is 12.1 Å². The van der Waals surface area contributed by atoms with E-state index in [0.717, 1.165) is 11.1 Å². The van der Waals surface area contributed by atoms with Gasteiger partial charge in [0.25, 0.3) is 5.91 Å². The van der Waals surface area contributed by atoms with Gasteiger partial charge < -0.3 is 10.1 Å². The Kier molecular flexibility index (Phi) is 4.69. The van der Waals surface area contributed by atoms with Crippen LogP contribution in [0.5, 0.6) is 0 Å². The highest BCUT2D eigenvalue weighted by molar-refractivity contribution is 5.91. The highest BCUT2D eigenvalue weighted by Crippen LogP contribution is 2.10. The smallest absolute Gasteiger partial charge is 0.338 e. The van der Waals surface area contributed by atoms with Crippen molar-refractivity contribution in [2.24, 2.45) is 0 Å². The van der Waals surface area contributed by atoms with Gasteiger partial charge in [0.2, 0.25) is 0 Å². The number of hydrogen-bond donors (Lipinski definition) is 1. The van der Waals surface area contributed by atoms with Gasteiger partial charge in [0.1, 0.15) is 0 Å². The Morgan fingerprint density at radius 1 is 1.24 bits per heavy atom. The Morgan fingerprint density at radius 3 is 2.53 bits per heavy atom. The van der Waals surface area contributed by atoms with Crippen molar-refractivity contribution in [1.29, 1.82) is 0 Å². The molecule has 0 heterocycles. The van der Waals surface area contributed by atoms with Gasteiger partial charge in [-0.05, 0) is 44.0 Å². The van der Waals surface area contributed by atoms with E-state index in [-0.39, 0.29) is 12.5 Å². The molecule has 4 heteroatoms. The van der Waals surface area contributed by atoms with E-state index in [2.05, 4.69) is 5.32 Å². The molecule has 0 aliphatic rings. The molecule has 1 rings (SSSR count). The molecule has 0 spiro atoms. The standard InChI is InChI=1S/C13H17NO3/c1-4-14-12(15)8-17-13(16)11-6-5-9(2)10(3)7-11/h5-7H,4,8H2,1-3H3,(H,14,15). The number of carbonyl (C=O) groups excluding carboxylic acids is 2. The summed E-state index contributed by atoms with van der Waals surface area (Å²) < 4.78 is 4.89. The van der Waals surface area contributed by atoms with E-state index in [1.54, 1.807) is 12.1 Å². The summed E-state index contributed by atoms with van der Waals surface area (Å²) in [4.78, 5) is 22.7. The van der Waals surface area contributed by atoms with E-state index in [4.69, 9.17) is 4.74 Å². The Bertz CT molecular complexity index is 427. The van der Waals surface area contributed by atoms with Crippen LogP contribution in [-0.2, 0) is 9.53 Å². The number of benzene rings is 1. The molecule has 1 amide bonds. The minimum Gasteiger partial charge on any atom is -0.452 e. The van der Waals surface area contributed by atoms with Gasteiger partial charge in [-0.15, -0.1) is 0 Å². The maximum Gasteiger partial charge on any atom is 0.338 e. The summed E-state index contributed by atoms with van der Waals surface area (Å²) in [6, 6.07) is 5.32. The van der Waals surface area contributed by atoms with Crippen molar-refractivity contribution in [2.75, 3.05) is 13.2 Å². The van der Waals surface area contributed by atoms with Crippen LogP contribution in [0.15, 0.2) is 18.2 Å². The maximum absolute atomic E-state index is 11.6. The van der Waals surface area contributed by atoms with Crippen molar-refractivity contribution in [1.82, 2.24) is 5.32 Å². The molecule has 0 saturated heterocycles. The molecule has 1 N–H and O–H groups in total. The highest BCUT2D eigenvalue weighted by Gasteiger charge is 2.10. The van der Waals surface area contributed by atoms with Crippen molar-refractivity contribution in [3.63, 3.8) is 0 Å². The Morgan fingerprint density at radius 2 is 1.94 bits per heavy atom. The second kappa shape index (κ2) is 6.03. The van der Waals surface area contributed by atoms with Gasteiger partial charge in [0.15, 0.2) is 6.61 Å². The predicted octanol–water partition coefficient (Wildman–Crippen LogP) is 1.60. The summed E-state index contributed by atoms with van der Waals surface area (Å²) in [5.41, 5.74) is 2.61. The molecule has 0 saturated carbocycles. The SMILES string of the molecule is CCNC(=O)COC(=O)c1ccc(C)c(C)c1. The zero-order valence-electron chi connectivity index (χ0n) is 10.4. The number of amides is 1. The third-order valence-electron chi connectivity index (χ3n) is 2.45. The van der Waals surface area contributed by atoms with Crippen LogP contribution < -0.4 is 5.32 Å². The monoisotopic (exact) mass is 235 g/mol. The number of esters is 1. The van der Waals surface area contributed by atoms with Gasteiger partial charge in [-0.3, -0.25) is 4.79 Å². The van der Waals surface area contributed by atoms with E-state index in [9.17, 15) is 9.59 Å². The van der Waals surface area contributed by atoms with Crippen LogP contribution in [0.25, 0.3) is 0 Å². The molecule has 0 unspecified atom stereocenters. The molecule has 0 aromatic heterocycles. The number of nitrogens with one attached hydrogen (secondary N) is 1. The van der Waals surface area contributed by atoms with Gasteiger partial charge in [-0.1, -0.05) is 6.07 Å². The lowest BCUT2D eigenvalue weighted by atomic mass is 10.1. The third kappa shape index (κ3) is 3.90. The average molecular weight is 235 g/mol. The molecule has 1 aromatic carbocycles. The zero-order valence-corrected chi connectivity index (χ0v) is 10.4. The number of hydrogen-bond acceptors (Lipinski definition) is 3. The molecule has 4 nitrogen and oxygen atoms in total. The maximum atomic E-state index is 11.6. The number of ether oxygens (including phenoxy) is 1. The van der Waals surface area contributed by atoms with Crippen molar-refractivity contribution < 1.29 is 14.3 Å². The fraction of sp³-hybridized carbons (Fsp3) is 0.385. The van der Waals surface area contributed by atoms with Gasteiger partial charge in [-0.25, -0.2) is 4.79 Å². The quantitative estimate of drug-likeness (QED) is 0.806. The molecule has 0 aliphatic carbocycles. The van der Waals surface area contributed by atoms with Crippen LogP contribution >= 0.6 is 0 Å². The van der Waals surface area contributed by atoms with Gasteiger partial charge in [-0.2, -0.15) is 0 Å². The van der Waals surface area contributed by atoms with Crippen LogP contribution in [0.1, 0.15) is 28.4 Å². The summed E-state index contributed by atoms with van der Waals surface area (Å²) in [5, 5.41) is 2.56. The Balaban J connectivity index is 2.58. The highest BCUT2D eigenvalue weighted by atomic mass is 16.5. The summed E-state index contributed by atoms with van der Waals surface area (Å²) in [6.07, 6.45) is 0. The summed E-state index contributed by atoms with van der Waals surface area (Å²) in [6.45, 7) is 6.00. The minimum atomic E-state index is -0.473. The lowest BCUT2D eigenvalue weighted by Crippen LogP contribution is -2.28. The average Bonchev–Trinajstić information content (AvgIpc) is 2.30. The third-order valence-corrected chi connectivity index (χ3v) is 2.45. The van der Waals surface area contributed by atoms with Crippen molar-refractivity contribution in [3.05, 3.63) is 34.9 Å². The van der Waals surface area contributed by atoms with E-state index in [1.807, 2.05) is 26.8 Å². The predicted molar refractivity (Wildman–Crippen MR) is 64.9 cm³/mol. The van der Waals surface area contributed by atoms with Crippen LogP contribution in [0.3, 0.4) is 0 Å². The first-order chi connectivity index (χ1) is 8.04. The lowest BCUT2D eigenvalue weighted by Gasteiger charge is -2.06. The van der Waals surface area contributed by atoms with E-state index >= 15 is 0 Å². The normalized spacial score (nSPS) is 9.82. The largest absolute Gasteiger partial charge is 0.452 e. The topological polar surface area (TPSA) is 55.4 Å². The number of aryl methyl sites for hydroxylation is 2. The first kappa shape index (κ1) is 13.2. The van der Waals surface area contributed by atoms with Gasteiger partial charge >= 0.3 is 5.97 Å². The minimum absolute atomic E-state index is 0.237. The summed E-state index contributed by atoms with van der Waals surface area (Å²) >= 11 is 0. The van der Waals surface area contributed by atoms with Crippen LogP contribution in [0.4, 0.5) is 0 Å². The molecular weight excluding hydrogens is 218 g/mol. The zero-order chi connectivity index (χ0) is 12.8. The van der Waals surface area contributed by atoms with Crippen molar-refractivity contribution >= 4 is 11.9 Å². The number of likely N-dealkylation sites (N-methyl/N-ethyl adjacent to an activating group) is 1. The van der Waals surface area contributed by atoms with E-state index in [1.165, 1.54) is 0 Å². The second-order valence-corrected chi connectivity index (χ2v) is 3.83.